The molecule has 0 saturated heterocycles. The van der Waals surface area contributed by atoms with Crippen LogP contribution in [-0.4, -0.2) is 36.4 Å². The van der Waals surface area contributed by atoms with Gasteiger partial charge in [-0.25, -0.2) is 4.98 Å². The Kier molecular flexibility index (Phi) is 6.52. The second-order valence-electron chi connectivity index (χ2n) is 7.75. The third-order valence-electron chi connectivity index (χ3n) is 5.35. The molecule has 0 fully saturated rings. The molecule has 0 unspecified atom stereocenters. The van der Waals surface area contributed by atoms with Crippen molar-refractivity contribution in [3.8, 4) is 0 Å². The zero-order chi connectivity index (χ0) is 22.8. The van der Waals surface area contributed by atoms with Crippen molar-refractivity contribution in [2.45, 2.75) is 41.5 Å². The number of benzene rings is 1. The first-order chi connectivity index (χ1) is 16.1. The highest BCUT2D eigenvalue weighted by atomic mass is 32.2. The minimum absolute atomic E-state index is 0.0338. The van der Waals surface area contributed by atoms with E-state index in [1.54, 1.807) is 29.4 Å². The van der Waals surface area contributed by atoms with Gasteiger partial charge in [0, 0.05) is 34.7 Å². The third-order valence-corrected chi connectivity index (χ3v) is 8.57. The van der Waals surface area contributed by atoms with Crippen LogP contribution in [0.15, 0.2) is 45.4 Å². The highest BCUT2D eigenvalue weighted by molar-refractivity contribution is 7.99. The number of thiophene rings is 1. The summed E-state index contributed by atoms with van der Waals surface area (Å²) in [5, 5.41) is 12.4. The minimum atomic E-state index is -0.0391. The molecule has 0 saturated carbocycles. The van der Waals surface area contributed by atoms with Crippen LogP contribution in [0.25, 0.3) is 10.2 Å². The van der Waals surface area contributed by atoms with Crippen LogP contribution in [-0.2, 0) is 30.4 Å². The number of nitrogens with one attached hydrogen (secondary N) is 2. The maximum absolute atomic E-state index is 12.5. The van der Waals surface area contributed by atoms with Gasteiger partial charge in [0.15, 0.2) is 5.16 Å². The van der Waals surface area contributed by atoms with Crippen molar-refractivity contribution < 1.29 is 4.79 Å². The number of carbonyl (C=O) groups is 1. The Balaban J connectivity index is 1.09. The Bertz CT molecular complexity index is 1360. The van der Waals surface area contributed by atoms with Crippen LogP contribution in [0, 0.1) is 0 Å². The molecule has 170 valence electrons. The molecule has 8 nitrogen and oxygen atoms in total. The summed E-state index contributed by atoms with van der Waals surface area (Å²) in [5.74, 6) is 1.86. The quantitative estimate of drug-likeness (QED) is 0.354. The second kappa shape index (κ2) is 9.70. The lowest BCUT2D eigenvalue weighted by Gasteiger charge is -2.07. The largest absolute Gasteiger partial charge is 0.326 e. The summed E-state index contributed by atoms with van der Waals surface area (Å²) >= 11 is 4.75. The molecular weight excluding hydrogens is 476 g/mol. The SMILES string of the molecule is Cn1cnnc1Sc1ccc(NC(=O)CCSCc2nc3sc4c(c3c(=O)[nH]2)CCC4)cc1. The van der Waals surface area contributed by atoms with Crippen LogP contribution in [0.3, 0.4) is 0 Å². The molecule has 0 spiro atoms. The van der Waals surface area contributed by atoms with Crippen LogP contribution >= 0.6 is 34.9 Å². The molecule has 1 aromatic carbocycles. The normalized spacial score (nSPS) is 12.9. The van der Waals surface area contributed by atoms with Gasteiger partial charge in [0.05, 0.1) is 11.1 Å². The number of H-pyrrole nitrogens is 1. The number of hydrogen-bond acceptors (Lipinski definition) is 8. The molecule has 0 aliphatic heterocycles. The zero-order valence-corrected chi connectivity index (χ0v) is 20.4. The summed E-state index contributed by atoms with van der Waals surface area (Å²) in [6.45, 7) is 0. The summed E-state index contributed by atoms with van der Waals surface area (Å²) in [6.07, 6.45) is 5.21. The number of fused-ring (bicyclic) bond motifs is 3. The number of aromatic amines is 1. The van der Waals surface area contributed by atoms with Gasteiger partial charge in [0.2, 0.25) is 5.91 Å². The van der Waals surface area contributed by atoms with E-state index in [1.165, 1.54) is 22.2 Å². The van der Waals surface area contributed by atoms with E-state index in [-0.39, 0.29) is 11.5 Å². The van der Waals surface area contributed by atoms with Crippen LogP contribution in [0.2, 0.25) is 0 Å². The van der Waals surface area contributed by atoms with Gasteiger partial charge in [0.25, 0.3) is 5.56 Å². The third kappa shape index (κ3) is 4.99. The van der Waals surface area contributed by atoms with E-state index < -0.39 is 0 Å². The monoisotopic (exact) mass is 498 g/mol. The number of aryl methyl sites for hydroxylation is 3. The number of rotatable bonds is 8. The molecular formula is C22H22N6O2S3. The lowest BCUT2D eigenvalue weighted by molar-refractivity contribution is -0.115. The highest BCUT2D eigenvalue weighted by Gasteiger charge is 2.21. The Morgan fingerprint density at radius 2 is 2.12 bits per heavy atom. The van der Waals surface area contributed by atoms with E-state index in [4.69, 9.17) is 0 Å². The summed E-state index contributed by atoms with van der Waals surface area (Å²) in [7, 11) is 1.90. The van der Waals surface area contributed by atoms with Crippen molar-refractivity contribution in [2.75, 3.05) is 11.1 Å². The predicted octanol–water partition coefficient (Wildman–Crippen LogP) is 4.02. The number of amides is 1. The topological polar surface area (TPSA) is 106 Å². The van der Waals surface area contributed by atoms with Crippen molar-refractivity contribution in [3.05, 3.63) is 57.2 Å². The van der Waals surface area contributed by atoms with Gasteiger partial charge in [0.1, 0.15) is 17.0 Å². The molecule has 1 amide bonds. The molecule has 1 aliphatic rings. The van der Waals surface area contributed by atoms with Crippen LogP contribution in [0.5, 0.6) is 0 Å². The van der Waals surface area contributed by atoms with Gasteiger partial charge >= 0.3 is 0 Å². The molecule has 3 heterocycles. The number of anilines is 1. The summed E-state index contributed by atoms with van der Waals surface area (Å²) in [5.41, 5.74) is 1.92. The smallest absolute Gasteiger partial charge is 0.259 e. The minimum Gasteiger partial charge on any atom is -0.326 e. The van der Waals surface area contributed by atoms with Crippen LogP contribution < -0.4 is 10.9 Å². The second-order valence-corrected chi connectivity index (χ2v) is 11.0. The Hall–Kier alpha value is -2.63. The molecule has 2 N–H and O–H groups in total. The van der Waals surface area contributed by atoms with Gasteiger partial charge in [-0.1, -0.05) is 0 Å². The van der Waals surface area contributed by atoms with Crippen molar-refractivity contribution in [2.24, 2.45) is 7.05 Å². The van der Waals surface area contributed by atoms with E-state index in [1.807, 2.05) is 35.9 Å². The van der Waals surface area contributed by atoms with E-state index in [9.17, 15) is 9.59 Å². The number of nitrogens with zero attached hydrogens (tertiary/aromatic N) is 4. The lowest BCUT2D eigenvalue weighted by Crippen LogP contribution is -2.13. The van der Waals surface area contributed by atoms with Gasteiger partial charge in [-0.2, -0.15) is 11.8 Å². The van der Waals surface area contributed by atoms with E-state index >= 15 is 0 Å². The first-order valence-electron chi connectivity index (χ1n) is 10.6. The maximum Gasteiger partial charge on any atom is 0.259 e. The van der Waals surface area contributed by atoms with Gasteiger partial charge < -0.3 is 14.9 Å². The zero-order valence-electron chi connectivity index (χ0n) is 18.0. The number of thioether (sulfide) groups is 1. The molecule has 1 aliphatic carbocycles. The number of aromatic nitrogens is 5. The first-order valence-corrected chi connectivity index (χ1v) is 13.4. The average Bonchev–Trinajstić information content (AvgIpc) is 3.49. The molecule has 0 bridgehead atoms. The van der Waals surface area contributed by atoms with Crippen molar-refractivity contribution in [1.29, 1.82) is 0 Å². The fraction of sp³-hybridized carbons (Fsp3) is 0.318. The standard InChI is InChI=1S/C22H22N6O2S3/c1-28-12-23-27-22(28)32-14-7-5-13(6-8-14)24-18(29)9-10-31-11-17-25-20(30)19-15-3-2-4-16(15)33-21(19)26-17/h5-8,12H,2-4,9-11H2,1H3,(H,24,29)(H,25,26,30). The van der Waals surface area contributed by atoms with E-state index in [0.717, 1.165) is 45.2 Å². The van der Waals surface area contributed by atoms with Crippen LogP contribution in [0.4, 0.5) is 5.69 Å². The molecule has 5 rings (SSSR count). The Morgan fingerprint density at radius 3 is 2.91 bits per heavy atom. The molecule has 0 atom stereocenters. The Labute approximate surface area is 202 Å². The van der Waals surface area contributed by atoms with E-state index in [0.29, 0.717) is 23.8 Å². The van der Waals surface area contributed by atoms with E-state index in [2.05, 4.69) is 25.5 Å². The summed E-state index contributed by atoms with van der Waals surface area (Å²) < 4.78 is 1.85. The molecule has 3 aromatic heterocycles. The first kappa shape index (κ1) is 22.2. The Morgan fingerprint density at radius 1 is 1.27 bits per heavy atom. The van der Waals surface area contributed by atoms with Gasteiger partial charge in [-0.05, 0) is 60.9 Å². The lowest BCUT2D eigenvalue weighted by atomic mass is 10.2. The van der Waals surface area contributed by atoms with Gasteiger partial charge in [-0.15, -0.1) is 21.5 Å². The summed E-state index contributed by atoms with van der Waals surface area (Å²) in [4.78, 5) is 35.6. The molecule has 4 aromatic rings. The number of hydrogen-bond donors (Lipinski definition) is 2. The summed E-state index contributed by atoms with van der Waals surface area (Å²) in [6, 6.07) is 7.66. The average molecular weight is 499 g/mol. The fourth-order valence-electron chi connectivity index (χ4n) is 3.75. The van der Waals surface area contributed by atoms with Crippen molar-refractivity contribution in [1.82, 2.24) is 24.7 Å². The number of carbonyl (C=O) groups excluding carboxylic acids is 1. The molecule has 11 heteroatoms. The van der Waals surface area contributed by atoms with Crippen molar-refractivity contribution in [3.63, 3.8) is 0 Å². The predicted molar refractivity (Wildman–Crippen MR) is 133 cm³/mol. The molecule has 0 radical (unpaired) electrons. The maximum atomic E-state index is 12.5. The fourth-order valence-corrected chi connectivity index (χ4v) is 6.60. The highest BCUT2D eigenvalue weighted by Crippen LogP contribution is 2.34. The van der Waals surface area contributed by atoms with Crippen LogP contribution in [0.1, 0.15) is 29.1 Å². The van der Waals surface area contributed by atoms with Crippen molar-refractivity contribution >= 4 is 56.7 Å². The molecule has 33 heavy (non-hydrogen) atoms. The van der Waals surface area contributed by atoms with Gasteiger partial charge in [-0.3, -0.25) is 9.59 Å².